The van der Waals surface area contributed by atoms with Crippen LogP contribution in [-0.2, 0) is 0 Å². The van der Waals surface area contributed by atoms with Crippen LogP contribution in [0.5, 0.6) is 5.75 Å². The van der Waals surface area contributed by atoms with Gasteiger partial charge < -0.3 is 10.1 Å². The second-order valence-electron chi connectivity index (χ2n) is 4.15. The van der Waals surface area contributed by atoms with Crippen LogP contribution in [0.1, 0.15) is 15.9 Å². The summed E-state index contributed by atoms with van der Waals surface area (Å²) in [5.41, 5.74) is 2.58. The van der Waals surface area contributed by atoms with Crippen molar-refractivity contribution in [2.75, 3.05) is 12.4 Å². The van der Waals surface area contributed by atoms with Gasteiger partial charge in [-0.1, -0.05) is 6.07 Å². The van der Waals surface area contributed by atoms with Gasteiger partial charge in [-0.15, -0.1) is 0 Å². The molecule has 3 nitrogen and oxygen atoms in total. The molecule has 0 aliphatic rings. The molecule has 0 spiro atoms. The molecule has 0 saturated heterocycles. The van der Waals surface area contributed by atoms with Gasteiger partial charge in [0, 0.05) is 14.8 Å². The number of benzene rings is 2. The Bertz CT molecular complexity index is 594. The van der Waals surface area contributed by atoms with Gasteiger partial charge >= 0.3 is 0 Å². The third-order valence-electron chi connectivity index (χ3n) is 2.78. The maximum Gasteiger partial charge on any atom is 0.255 e. The van der Waals surface area contributed by atoms with Gasteiger partial charge in [-0.2, -0.15) is 0 Å². The Morgan fingerprint density at radius 1 is 1.16 bits per heavy atom. The van der Waals surface area contributed by atoms with Crippen molar-refractivity contribution in [1.82, 2.24) is 0 Å². The molecule has 0 radical (unpaired) electrons. The summed E-state index contributed by atoms with van der Waals surface area (Å²) in [6.07, 6.45) is 0. The zero-order valence-electron chi connectivity index (χ0n) is 10.7. The molecule has 98 valence electrons. The van der Waals surface area contributed by atoms with E-state index in [0.717, 1.165) is 15.0 Å². The van der Waals surface area contributed by atoms with Crippen molar-refractivity contribution in [3.05, 3.63) is 57.2 Å². The zero-order chi connectivity index (χ0) is 13.8. The Kier molecular flexibility index (Phi) is 4.42. The molecule has 4 heteroatoms. The normalized spacial score (nSPS) is 10.1. The molecule has 0 aliphatic carbocycles. The standard InChI is InChI=1S/C15H14INO2/c1-10-3-4-11(9-14(10)16)15(18)17-12-5-7-13(19-2)8-6-12/h3-9H,1-2H3,(H,17,18). The van der Waals surface area contributed by atoms with Crippen LogP contribution in [0.25, 0.3) is 0 Å². The van der Waals surface area contributed by atoms with Crippen LogP contribution < -0.4 is 10.1 Å². The average Bonchev–Trinajstić information content (AvgIpc) is 2.42. The lowest BCUT2D eigenvalue weighted by Crippen LogP contribution is -2.12. The number of carbonyl (C=O) groups excluding carboxylic acids is 1. The number of hydrogen-bond donors (Lipinski definition) is 1. The minimum atomic E-state index is -0.108. The highest BCUT2D eigenvalue weighted by Gasteiger charge is 2.07. The molecule has 2 aromatic rings. The molecule has 0 unspecified atom stereocenters. The van der Waals surface area contributed by atoms with E-state index in [1.54, 1.807) is 7.11 Å². The third-order valence-corrected chi connectivity index (χ3v) is 3.94. The fraction of sp³-hybridized carbons (Fsp3) is 0.133. The summed E-state index contributed by atoms with van der Waals surface area (Å²) in [5, 5.41) is 2.86. The van der Waals surface area contributed by atoms with Crippen molar-refractivity contribution < 1.29 is 9.53 Å². The summed E-state index contributed by atoms with van der Waals surface area (Å²) in [5.74, 6) is 0.658. The molecule has 0 saturated carbocycles. The number of nitrogens with one attached hydrogen (secondary N) is 1. The Morgan fingerprint density at radius 2 is 1.84 bits per heavy atom. The Balaban J connectivity index is 2.13. The van der Waals surface area contributed by atoms with Crippen LogP contribution >= 0.6 is 22.6 Å². The Hall–Kier alpha value is -1.56. The Morgan fingerprint density at radius 3 is 2.42 bits per heavy atom. The molecule has 0 atom stereocenters. The zero-order valence-corrected chi connectivity index (χ0v) is 12.9. The van der Waals surface area contributed by atoms with Crippen LogP contribution in [0.2, 0.25) is 0 Å². The fourth-order valence-electron chi connectivity index (χ4n) is 1.61. The topological polar surface area (TPSA) is 38.3 Å². The first-order valence-corrected chi connectivity index (χ1v) is 6.89. The van der Waals surface area contributed by atoms with Crippen molar-refractivity contribution in [2.45, 2.75) is 6.92 Å². The molecule has 1 amide bonds. The van der Waals surface area contributed by atoms with Crippen molar-refractivity contribution >= 4 is 34.2 Å². The second kappa shape index (κ2) is 6.06. The van der Waals surface area contributed by atoms with E-state index in [0.29, 0.717) is 5.56 Å². The highest BCUT2D eigenvalue weighted by Crippen LogP contribution is 2.17. The molecule has 2 rings (SSSR count). The van der Waals surface area contributed by atoms with E-state index in [1.807, 2.05) is 49.4 Å². The van der Waals surface area contributed by atoms with Crippen molar-refractivity contribution in [3.63, 3.8) is 0 Å². The van der Waals surface area contributed by atoms with Gasteiger partial charge in [-0.3, -0.25) is 4.79 Å². The van der Waals surface area contributed by atoms with E-state index in [9.17, 15) is 4.79 Å². The molecule has 0 bridgehead atoms. The number of anilines is 1. The van der Waals surface area contributed by atoms with Gasteiger partial charge in [0.2, 0.25) is 0 Å². The minimum Gasteiger partial charge on any atom is -0.497 e. The van der Waals surface area contributed by atoms with Crippen molar-refractivity contribution in [1.29, 1.82) is 0 Å². The van der Waals surface area contributed by atoms with Crippen molar-refractivity contribution in [2.24, 2.45) is 0 Å². The number of carbonyl (C=O) groups is 1. The number of methoxy groups -OCH3 is 1. The average molecular weight is 367 g/mol. The number of ether oxygens (including phenoxy) is 1. The summed E-state index contributed by atoms with van der Waals surface area (Å²) in [6.45, 7) is 2.02. The third kappa shape index (κ3) is 3.47. The van der Waals surface area contributed by atoms with Crippen molar-refractivity contribution in [3.8, 4) is 5.75 Å². The fourth-order valence-corrected chi connectivity index (χ4v) is 2.13. The highest BCUT2D eigenvalue weighted by atomic mass is 127. The van der Waals surface area contributed by atoms with Gasteiger partial charge in [-0.25, -0.2) is 0 Å². The van der Waals surface area contributed by atoms with E-state index in [2.05, 4.69) is 27.9 Å². The first-order chi connectivity index (χ1) is 9.10. The Labute approximate surface area is 126 Å². The number of hydrogen-bond acceptors (Lipinski definition) is 2. The molecular formula is C15H14INO2. The summed E-state index contributed by atoms with van der Waals surface area (Å²) < 4.78 is 6.16. The molecule has 19 heavy (non-hydrogen) atoms. The lowest BCUT2D eigenvalue weighted by Gasteiger charge is -2.07. The van der Waals surface area contributed by atoms with E-state index >= 15 is 0 Å². The van der Waals surface area contributed by atoms with Gasteiger partial charge in [0.15, 0.2) is 0 Å². The highest BCUT2D eigenvalue weighted by molar-refractivity contribution is 14.1. The number of rotatable bonds is 3. The van der Waals surface area contributed by atoms with E-state index in [4.69, 9.17) is 4.74 Å². The van der Waals surface area contributed by atoms with Gasteiger partial charge in [0.25, 0.3) is 5.91 Å². The van der Waals surface area contributed by atoms with E-state index in [-0.39, 0.29) is 5.91 Å². The second-order valence-corrected chi connectivity index (χ2v) is 5.31. The predicted octanol–water partition coefficient (Wildman–Crippen LogP) is 3.86. The molecule has 0 aromatic heterocycles. The van der Waals surface area contributed by atoms with Gasteiger partial charge in [-0.05, 0) is 71.5 Å². The molecular weight excluding hydrogens is 353 g/mol. The molecule has 1 N–H and O–H groups in total. The van der Waals surface area contributed by atoms with Crippen LogP contribution in [-0.4, -0.2) is 13.0 Å². The largest absolute Gasteiger partial charge is 0.497 e. The molecule has 0 aliphatic heterocycles. The quantitative estimate of drug-likeness (QED) is 0.837. The maximum atomic E-state index is 12.1. The summed E-state index contributed by atoms with van der Waals surface area (Å²) in [4.78, 5) is 12.1. The number of aryl methyl sites for hydroxylation is 1. The maximum absolute atomic E-state index is 12.1. The number of halogens is 1. The predicted molar refractivity (Wildman–Crippen MR) is 84.8 cm³/mol. The molecule has 2 aromatic carbocycles. The van der Waals surface area contributed by atoms with E-state index < -0.39 is 0 Å². The molecule has 0 fully saturated rings. The monoisotopic (exact) mass is 367 g/mol. The summed E-state index contributed by atoms with van der Waals surface area (Å²) >= 11 is 2.23. The van der Waals surface area contributed by atoms with Crippen LogP contribution in [0, 0.1) is 10.5 Å². The molecule has 0 heterocycles. The summed E-state index contributed by atoms with van der Waals surface area (Å²) in [7, 11) is 1.61. The minimum absolute atomic E-state index is 0.108. The lowest BCUT2D eigenvalue weighted by atomic mass is 10.1. The smallest absolute Gasteiger partial charge is 0.255 e. The van der Waals surface area contributed by atoms with Crippen LogP contribution in [0.3, 0.4) is 0 Å². The van der Waals surface area contributed by atoms with Gasteiger partial charge in [0.05, 0.1) is 7.11 Å². The SMILES string of the molecule is COc1ccc(NC(=O)c2ccc(C)c(I)c2)cc1. The summed E-state index contributed by atoms with van der Waals surface area (Å²) in [6, 6.07) is 12.9. The van der Waals surface area contributed by atoms with E-state index in [1.165, 1.54) is 5.56 Å². The number of amides is 1. The van der Waals surface area contributed by atoms with Gasteiger partial charge in [0.1, 0.15) is 5.75 Å². The lowest BCUT2D eigenvalue weighted by molar-refractivity contribution is 0.102. The first kappa shape index (κ1) is 13.9. The first-order valence-electron chi connectivity index (χ1n) is 5.81. The van der Waals surface area contributed by atoms with Crippen LogP contribution in [0.15, 0.2) is 42.5 Å². The van der Waals surface area contributed by atoms with Crippen LogP contribution in [0.4, 0.5) is 5.69 Å².